The fraction of sp³-hybridized carbons (Fsp3) is 0.286. The van der Waals surface area contributed by atoms with E-state index in [2.05, 4.69) is 0 Å². The number of aliphatic hydroxyl groups is 1. The number of hydrogen-bond donors (Lipinski definition) is 2. The van der Waals surface area contributed by atoms with Gasteiger partial charge in [-0.2, -0.15) is 5.26 Å². The second-order valence-electron chi connectivity index (χ2n) is 4.38. The first-order valence-corrected chi connectivity index (χ1v) is 5.96. The molecule has 5 nitrogen and oxygen atoms in total. The molecule has 2 N–H and O–H groups in total. The number of aliphatic hydroxyl groups excluding tert-OH is 1. The second kappa shape index (κ2) is 5.55. The van der Waals surface area contributed by atoms with Crippen molar-refractivity contribution >= 4 is 11.7 Å². The smallest absolute Gasteiger partial charge is 0.407 e. The van der Waals surface area contributed by atoms with Crippen LogP contribution in [-0.2, 0) is 0 Å². The minimum absolute atomic E-state index is 0.0667. The van der Waals surface area contributed by atoms with Crippen LogP contribution in [0, 0.1) is 11.3 Å². The van der Waals surface area contributed by atoms with Gasteiger partial charge in [-0.25, -0.2) is 4.79 Å². The van der Waals surface area contributed by atoms with Gasteiger partial charge in [-0.1, -0.05) is 12.1 Å². The van der Waals surface area contributed by atoms with Crippen molar-refractivity contribution in [2.24, 2.45) is 0 Å². The average molecular weight is 258 g/mol. The molecule has 1 amide bonds. The third kappa shape index (κ3) is 2.75. The van der Waals surface area contributed by atoms with E-state index in [4.69, 9.17) is 10.4 Å². The second-order valence-corrected chi connectivity index (χ2v) is 4.38. The largest absolute Gasteiger partial charge is 0.465 e. The first-order valence-electron chi connectivity index (χ1n) is 5.96. The van der Waals surface area contributed by atoms with Crippen LogP contribution in [0.15, 0.2) is 29.8 Å². The molecule has 0 aliphatic carbocycles. The molecule has 0 unspecified atom stereocenters. The summed E-state index contributed by atoms with van der Waals surface area (Å²) >= 11 is 0. The van der Waals surface area contributed by atoms with E-state index in [9.17, 15) is 9.90 Å². The van der Waals surface area contributed by atoms with Crippen molar-refractivity contribution in [1.29, 1.82) is 5.26 Å². The Balaban J connectivity index is 2.34. The molecule has 5 heteroatoms. The monoisotopic (exact) mass is 258 g/mol. The lowest BCUT2D eigenvalue weighted by atomic mass is 9.94. The van der Waals surface area contributed by atoms with Gasteiger partial charge in [0.25, 0.3) is 0 Å². The predicted octanol–water partition coefficient (Wildman–Crippen LogP) is 1.69. The third-order valence-electron chi connectivity index (χ3n) is 3.28. The summed E-state index contributed by atoms with van der Waals surface area (Å²) < 4.78 is 0. The summed E-state index contributed by atoms with van der Waals surface area (Å²) in [4.78, 5) is 12.4. The first-order chi connectivity index (χ1) is 9.15. The highest BCUT2D eigenvalue weighted by Crippen LogP contribution is 2.26. The molecule has 1 aliphatic heterocycles. The summed E-state index contributed by atoms with van der Waals surface area (Å²) in [5.74, 6) is 0. The Bertz CT molecular complexity index is 555. The van der Waals surface area contributed by atoms with E-state index in [1.54, 1.807) is 24.3 Å². The average Bonchev–Trinajstić information content (AvgIpc) is 2.46. The quantitative estimate of drug-likeness (QED) is 0.845. The van der Waals surface area contributed by atoms with Crippen molar-refractivity contribution in [3.63, 3.8) is 0 Å². The van der Waals surface area contributed by atoms with Gasteiger partial charge >= 0.3 is 6.09 Å². The summed E-state index contributed by atoms with van der Waals surface area (Å²) in [7, 11) is 0. The van der Waals surface area contributed by atoms with Crippen LogP contribution in [0.1, 0.15) is 17.5 Å². The Hall–Kier alpha value is -2.32. The maximum Gasteiger partial charge on any atom is 0.407 e. The molecule has 0 aromatic heterocycles. The summed E-state index contributed by atoms with van der Waals surface area (Å²) in [6.45, 7) is 0.616. The molecular formula is C14H14N2O3. The number of rotatable bonds is 2. The predicted molar refractivity (Wildman–Crippen MR) is 69.4 cm³/mol. The minimum atomic E-state index is -0.955. The van der Waals surface area contributed by atoms with Gasteiger partial charge in [0, 0.05) is 13.1 Å². The number of carbonyl (C=O) groups is 1. The van der Waals surface area contributed by atoms with Gasteiger partial charge in [0.05, 0.1) is 18.2 Å². The molecule has 1 aromatic carbocycles. The Kier molecular flexibility index (Phi) is 3.83. The number of carboxylic acid groups (broad SMARTS) is 1. The molecule has 0 saturated heterocycles. The van der Waals surface area contributed by atoms with Crippen LogP contribution in [-0.4, -0.2) is 40.9 Å². The molecular weight excluding hydrogens is 244 g/mol. The number of amides is 1. The zero-order valence-electron chi connectivity index (χ0n) is 10.3. The van der Waals surface area contributed by atoms with E-state index in [0.29, 0.717) is 18.5 Å². The zero-order valence-corrected chi connectivity index (χ0v) is 10.3. The molecule has 1 heterocycles. The van der Waals surface area contributed by atoms with Gasteiger partial charge in [0.1, 0.15) is 0 Å². The van der Waals surface area contributed by atoms with E-state index in [0.717, 1.165) is 16.7 Å². The zero-order chi connectivity index (χ0) is 13.8. The van der Waals surface area contributed by atoms with Crippen molar-refractivity contribution in [1.82, 2.24) is 4.90 Å². The lowest BCUT2D eigenvalue weighted by Gasteiger charge is -2.28. The maximum absolute atomic E-state index is 11.0. The van der Waals surface area contributed by atoms with Crippen LogP contribution in [0.25, 0.3) is 5.57 Å². The van der Waals surface area contributed by atoms with Crippen LogP contribution in [0.2, 0.25) is 0 Å². The highest BCUT2D eigenvalue weighted by molar-refractivity contribution is 5.76. The van der Waals surface area contributed by atoms with Crippen molar-refractivity contribution in [3.05, 3.63) is 41.0 Å². The van der Waals surface area contributed by atoms with E-state index < -0.39 is 6.09 Å². The van der Waals surface area contributed by atoms with Gasteiger partial charge in [0.2, 0.25) is 0 Å². The molecule has 0 fully saturated rings. The fourth-order valence-corrected chi connectivity index (χ4v) is 2.18. The molecule has 2 rings (SSSR count). The number of nitrogens with zero attached hydrogens (tertiary/aromatic N) is 2. The Morgan fingerprint density at radius 2 is 2.05 bits per heavy atom. The van der Waals surface area contributed by atoms with Crippen molar-refractivity contribution in [2.75, 3.05) is 19.7 Å². The van der Waals surface area contributed by atoms with E-state index in [1.165, 1.54) is 4.90 Å². The Labute approximate surface area is 111 Å². The van der Waals surface area contributed by atoms with Crippen LogP contribution in [0.4, 0.5) is 4.79 Å². The highest BCUT2D eigenvalue weighted by atomic mass is 16.4. The number of hydrogen-bond acceptors (Lipinski definition) is 3. The summed E-state index contributed by atoms with van der Waals surface area (Å²) in [6.07, 6.45) is -0.416. The number of nitriles is 1. The summed E-state index contributed by atoms with van der Waals surface area (Å²) in [5.41, 5.74) is 3.11. The van der Waals surface area contributed by atoms with Gasteiger partial charge in [-0.05, 0) is 35.3 Å². The molecule has 0 radical (unpaired) electrons. The van der Waals surface area contributed by atoms with E-state index in [-0.39, 0.29) is 13.2 Å². The Morgan fingerprint density at radius 1 is 1.37 bits per heavy atom. The van der Waals surface area contributed by atoms with E-state index in [1.807, 2.05) is 6.07 Å². The molecule has 1 aliphatic rings. The Morgan fingerprint density at radius 3 is 2.58 bits per heavy atom. The van der Waals surface area contributed by atoms with Crippen molar-refractivity contribution in [3.8, 4) is 6.07 Å². The standard InChI is InChI=1S/C14H14N2O3/c15-7-10-1-3-11(4-2-10)13-8-16(14(18)19)6-5-12(13)9-17/h1-4,17H,5-6,8-9H2,(H,18,19). The molecule has 0 atom stereocenters. The summed E-state index contributed by atoms with van der Waals surface area (Å²) in [6, 6.07) is 9.00. The normalized spacial score (nSPS) is 15.3. The van der Waals surface area contributed by atoms with Gasteiger partial charge < -0.3 is 15.1 Å². The maximum atomic E-state index is 11.0. The molecule has 0 spiro atoms. The van der Waals surface area contributed by atoms with Crippen LogP contribution in [0.3, 0.4) is 0 Å². The number of benzene rings is 1. The van der Waals surface area contributed by atoms with E-state index >= 15 is 0 Å². The molecule has 0 saturated carbocycles. The highest BCUT2D eigenvalue weighted by Gasteiger charge is 2.22. The topological polar surface area (TPSA) is 84.6 Å². The lowest BCUT2D eigenvalue weighted by molar-refractivity contribution is 0.149. The lowest BCUT2D eigenvalue weighted by Crippen LogP contribution is -2.36. The van der Waals surface area contributed by atoms with Crippen molar-refractivity contribution < 1.29 is 15.0 Å². The molecule has 19 heavy (non-hydrogen) atoms. The molecule has 98 valence electrons. The van der Waals surface area contributed by atoms with Gasteiger partial charge in [0.15, 0.2) is 0 Å². The van der Waals surface area contributed by atoms with Gasteiger partial charge in [-0.3, -0.25) is 0 Å². The first kappa shape index (κ1) is 13.1. The third-order valence-corrected chi connectivity index (χ3v) is 3.28. The van der Waals surface area contributed by atoms with Crippen LogP contribution in [0.5, 0.6) is 0 Å². The summed E-state index contributed by atoms with van der Waals surface area (Å²) in [5, 5.41) is 27.2. The SMILES string of the molecule is N#Cc1ccc(C2=C(CO)CCN(C(=O)O)C2)cc1. The fourth-order valence-electron chi connectivity index (χ4n) is 2.18. The molecule has 1 aromatic rings. The van der Waals surface area contributed by atoms with Crippen molar-refractivity contribution in [2.45, 2.75) is 6.42 Å². The minimum Gasteiger partial charge on any atom is -0.465 e. The van der Waals surface area contributed by atoms with Crippen LogP contribution >= 0.6 is 0 Å². The molecule has 0 bridgehead atoms. The van der Waals surface area contributed by atoms with Crippen LogP contribution < -0.4 is 0 Å². The van der Waals surface area contributed by atoms with Gasteiger partial charge in [-0.15, -0.1) is 0 Å².